The Labute approximate surface area is 97.5 Å². The molecule has 0 spiro atoms. The fourth-order valence-electron chi connectivity index (χ4n) is 1.30. The molecule has 1 heterocycles. The molecule has 4 heteroatoms. The van der Waals surface area contributed by atoms with Gasteiger partial charge in [0.1, 0.15) is 11.6 Å². The molecule has 0 atom stereocenters. The predicted octanol–water partition coefficient (Wildman–Crippen LogP) is 2.65. The first-order valence-corrected chi connectivity index (χ1v) is 5.73. The average Bonchev–Trinajstić information content (AvgIpc) is 2.15. The van der Waals surface area contributed by atoms with Crippen LogP contribution >= 0.6 is 0 Å². The zero-order valence-corrected chi connectivity index (χ0v) is 10.8. The molecule has 0 unspecified atom stereocenters. The van der Waals surface area contributed by atoms with Gasteiger partial charge in [-0.05, 0) is 27.7 Å². The quantitative estimate of drug-likeness (QED) is 0.852. The van der Waals surface area contributed by atoms with E-state index in [4.69, 9.17) is 4.74 Å². The zero-order valence-electron chi connectivity index (χ0n) is 10.8. The van der Waals surface area contributed by atoms with Crippen molar-refractivity contribution in [2.75, 3.05) is 11.9 Å². The first kappa shape index (κ1) is 12.7. The Bertz CT molecular complexity index is 345. The summed E-state index contributed by atoms with van der Waals surface area (Å²) in [5.41, 5.74) is -0.0111. The lowest BCUT2D eigenvalue weighted by Crippen LogP contribution is -2.27. The number of hydrogen-bond donors (Lipinski definition) is 1. The molecular weight excluding hydrogens is 202 g/mol. The monoisotopic (exact) mass is 223 g/mol. The molecule has 0 aliphatic heterocycles. The van der Waals surface area contributed by atoms with Crippen molar-refractivity contribution in [1.29, 1.82) is 0 Å². The van der Waals surface area contributed by atoms with E-state index in [-0.39, 0.29) is 5.54 Å². The molecule has 0 saturated carbocycles. The van der Waals surface area contributed by atoms with Crippen LogP contribution in [0.4, 0.5) is 5.82 Å². The maximum Gasteiger partial charge on any atom is 0.218 e. The molecule has 0 bridgehead atoms. The Hall–Kier alpha value is -1.32. The van der Waals surface area contributed by atoms with E-state index >= 15 is 0 Å². The van der Waals surface area contributed by atoms with Crippen molar-refractivity contribution >= 4 is 5.82 Å². The van der Waals surface area contributed by atoms with E-state index in [9.17, 15) is 0 Å². The molecule has 0 aliphatic carbocycles. The van der Waals surface area contributed by atoms with Crippen molar-refractivity contribution in [3.8, 4) is 5.88 Å². The minimum absolute atomic E-state index is 0.0111. The topological polar surface area (TPSA) is 47.0 Å². The Morgan fingerprint density at radius 3 is 2.44 bits per heavy atom. The second kappa shape index (κ2) is 5.14. The summed E-state index contributed by atoms with van der Waals surface area (Å²) in [6, 6.07) is 1.84. The molecule has 0 aliphatic rings. The standard InChI is InChI=1S/C12H21N3O/c1-6-9-13-10(15-12(3,4)5)8-11(14-9)16-7-2/h8H,6-7H2,1-5H3,(H,13,14,15). The van der Waals surface area contributed by atoms with E-state index in [1.165, 1.54) is 0 Å². The summed E-state index contributed by atoms with van der Waals surface area (Å²) < 4.78 is 5.41. The Morgan fingerprint density at radius 1 is 1.25 bits per heavy atom. The first-order valence-electron chi connectivity index (χ1n) is 5.73. The highest BCUT2D eigenvalue weighted by Gasteiger charge is 2.12. The Balaban J connectivity index is 2.95. The van der Waals surface area contributed by atoms with Gasteiger partial charge in [0, 0.05) is 18.0 Å². The number of hydrogen-bond acceptors (Lipinski definition) is 4. The van der Waals surface area contributed by atoms with Gasteiger partial charge in [-0.15, -0.1) is 0 Å². The third-order valence-corrected chi connectivity index (χ3v) is 1.86. The number of aromatic nitrogens is 2. The van der Waals surface area contributed by atoms with Gasteiger partial charge < -0.3 is 10.1 Å². The molecule has 1 rings (SSSR count). The largest absolute Gasteiger partial charge is 0.478 e. The highest BCUT2D eigenvalue weighted by molar-refractivity contribution is 5.40. The molecule has 1 N–H and O–H groups in total. The minimum atomic E-state index is -0.0111. The lowest BCUT2D eigenvalue weighted by atomic mass is 10.1. The van der Waals surface area contributed by atoms with E-state index < -0.39 is 0 Å². The minimum Gasteiger partial charge on any atom is -0.478 e. The van der Waals surface area contributed by atoms with Crippen LogP contribution in [0.1, 0.15) is 40.4 Å². The second-order valence-corrected chi connectivity index (χ2v) is 4.67. The van der Waals surface area contributed by atoms with Crippen molar-refractivity contribution in [2.45, 2.75) is 46.6 Å². The van der Waals surface area contributed by atoms with E-state index in [0.29, 0.717) is 12.5 Å². The van der Waals surface area contributed by atoms with E-state index in [0.717, 1.165) is 18.1 Å². The summed E-state index contributed by atoms with van der Waals surface area (Å²) in [5.74, 6) is 2.27. The molecule has 1 aromatic rings. The zero-order chi connectivity index (χ0) is 12.2. The van der Waals surface area contributed by atoms with E-state index in [1.54, 1.807) is 0 Å². The molecule has 0 aromatic carbocycles. The Morgan fingerprint density at radius 2 is 1.94 bits per heavy atom. The average molecular weight is 223 g/mol. The summed E-state index contributed by atoms with van der Waals surface area (Å²) >= 11 is 0. The summed E-state index contributed by atoms with van der Waals surface area (Å²) in [7, 11) is 0. The molecule has 0 amide bonds. The van der Waals surface area contributed by atoms with Gasteiger partial charge in [-0.25, -0.2) is 4.98 Å². The lowest BCUT2D eigenvalue weighted by Gasteiger charge is -2.21. The maximum absolute atomic E-state index is 5.41. The number of anilines is 1. The lowest BCUT2D eigenvalue weighted by molar-refractivity contribution is 0.325. The number of nitrogens with one attached hydrogen (secondary N) is 1. The van der Waals surface area contributed by atoms with Gasteiger partial charge in [-0.3, -0.25) is 0 Å². The van der Waals surface area contributed by atoms with Crippen molar-refractivity contribution in [1.82, 2.24) is 9.97 Å². The van der Waals surface area contributed by atoms with Gasteiger partial charge in [0.15, 0.2) is 0 Å². The Kier molecular flexibility index (Phi) is 4.10. The molecular formula is C12H21N3O. The fraction of sp³-hybridized carbons (Fsp3) is 0.667. The molecule has 16 heavy (non-hydrogen) atoms. The van der Waals surface area contributed by atoms with Crippen LogP contribution in [0, 0.1) is 0 Å². The van der Waals surface area contributed by atoms with Crippen molar-refractivity contribution < 1.29 is 4.74 Å². The molecule has 0 saturated heterocycles. The summed E-state index contributed by atoms with van der Waals surface area (Å²) in [5, 5.41) is 3.32. The summed E-state index contributed by atoms with van der Waals surface area (Å²) in [6.45, 7) is 10.9. The summed E-state index contributed by atoms with van der Waals surface area (Å²) in [6.07, 6.45) is 0.805. The van der Waals surface area contributed by atoms with Crippen LogP contribution < -0.4 is 10.1 Å². The van der Waals surface area contributed by atoms with Gasteiger partial charge in [-0.2, -0.15) is 4.98 Å². The van der Waals surface area contributed by atoms with Crippen LogP contribution in [0.25, 0.3) is 0 Å². The van der Waals surface area contributed by atoms with Gasteiger partial charge in [0.25, 0.3) is 0 Å². The SMILES string of the molecule is CCOc1cc(NC(C)(C)C)nc(CC)n1. The molecule has 1 aromatic heterocycles. The van der Waals surface area contributed by atoms with Crippen molar-refractivity contribution in [2.24, 2.45) is 0 Å². The fourth-order valence-corrected chi connectivity index (χ4v) is 1.30. The van der Waals surface area contributed by atoms with Crippen molar-refractivity contribution in [3.63, 3.8) is 0 Å². The maximum atomic E-state index is 5.41. The third-order valence-electron chi connectivity index (χ3n) is 1.86. The molecule has 4 nitrogen and oxygen atoms in total. The van der Waals surface area contributed by atoms with Crippen LogP contribution in [-0.4, -0.2) is 22.1 Å². The second-order valence-electron chi connectivity index (χ2n) is 4.67. The number of rotatable bonds is 4. The molecule has 90 valence electrons. The van der Waals surface area contributed by atoms with Crippen LogP contribution in [0.3, 0.4) is 0 Å². The smallest absolute Gasteiger partial charge is 0.218 e. The third kappa shape index (κ3) is 4.04. The first-order chi connectivity index (χ1) is 7.44. The van der Waals surface area contributed by atoms with Gasteiger partial charge in [0.2, 0.25) is 5.88 Å². The highest BCUT2D eigenvalue weighted by atomic mass is 16.5. The van der Waals surface area contributed by atoms with Gasteiger partial charge in [0.05, 0.1) is 6.61 Å². The number of nitrogens with zero attached hydrogens (tertiary/aromatic N) is 2. The summed E-state index contributed by atoms with van der Waals surface area (Å²) in [4.78, 5) is 8.72. The van der Waals surface area contributed by atoms with Crippen molar-refractivity contribution in [3.05, 3.63) is 11.9 Å². The normalized spacial score (nSPS) is 11.3. The van der Waals surface area contributed by atoms with Crippen LogP contribution in [0.5, 0.6) is 5.88 Å². The van der Waals surface area contributed by atoms with E-state index in [2.05, 4.69) is 36.1 Å². The number of ether oxygens (including phenoxy) is 1. The highest BCUT2D eigenvalue weighted by Crippen LogP contribution is 2.17. The van der Waals surface area contributed by atoms with Crippen LogP contribution in [-0.2, 0) is 6.42 Å². The molecule has 0 radical (unpaired) electrons. The van der Waals surface area contributed by atoms with E-state index in [1.807, 2.05) is 19.9 Å². The van der Waals surface area contributed by atoms with Gasteiger partial charge in [-0.1, -0.05) is 6.92 Å². The van der Waals surface area contributed by atoms with Gasteiger partial charge >= 0.3 is 0 Å². The predicted molar refractivity (Wildman–Crippen MR) is 66.0 cm³/mol. The number of aryl methyl sites for hydroxylation is 1. The van der Waals surface area contributed by atoms with Crippen LogP contribution in [0.15, 0.2) is 6.07 Å². The van der Waals surface area contributed by atoms with Crippen LogP contribution in [0.2, 0.25) is 0 Å². The molecule has 0 fully saturated rings.